The first-order chi connectivity index (χ1) is 9.66. The van der Waals surface area contributed by atoms with Crippen LogP contribution < -0.4 is 5.32 Å². The van der Waals surface area contributed by atoms with Crippen LogP contribution in [0.15, 0.2) is 18.2 Å². The van der Waals surface area contributed by atoms with E-state index in [9.17, 15) is 4.79 Å². The van der Waals surface area contributed by atoms with E-state index >= 15 is 0 Å². The van der Waals surface area contributed by atoms with Gasteiger partial charge in [0.05, 0.1) is 6.10 Å². The molecule has 3 unspecified atom stereocenters. The zero-order valence-corrected chi connectivity index (χ0v) is 13.3. The molecule has 0 bridgehead atoms. The highest BCUT2D eigenvalue weighted by atomic mass is 79.9. The predicted octanol–water partition coefficient (Wildman–Crippen LogP) is 3.22. The van der Waals surface area contributed by atoms with Gasteiger partial charge in [-0.1, -0.05) is 28.1 Å². The molecule has 2 heterocycles. The molecule has 3 nitrogen and oxygen atoms in total. The number of nitrogens with one attached hydrogen (secondary N) is 1. The normalized spacial score (nSPS) is 27.6. The molecular formula is C16H20BrNO2. The average molecular weight is 338 g/mol. The molecule has 20 heavy (non-hydrogen) atoms. The molecule has 1 aromatic rings. The number of hydrogen-bond donors (Lipinski definition) is 1. The van der Waals surface area contributed by atoms with Crippen LogP contribution in [-0.2, 0) is 11.2 Å². The minimum Gasteiger partial charge on any atom is -0.378 e. The molecule has 1 fully saturated rings. The van der Waals surface area contributed by atoms with Crippen molar-refractivity contribution in [1.82, 2.24) is 5.32 Å². The van der Waals surface area contributed by atoms with Crippen LogP contribution in [0.2, 0.25) is 0 Å². The van der Waals surface area contributed by atoms with Crippen molar-refractivity contribution in [3.8, 4) is 0 Å². The van der Waals surface area contributed by atoms with Gasteiger partial charge in [-0.2, -0.15) is 0 Å². The van der Waals surface area contributed by atoms with Crippen molar-refractivity contribution in [3.05, 3.63) is 34.9 Å². The molecule has 1 aromatic carbocycles. The van der Waals surface area contributed by atoms with Gasteiger partial charge in [0.25, 0.3) is 5.91 Å². The molecule has 4 heteroatoms. The number of rotatable bonds is 2. The quantitative estimate of drug-likeness (QED) is 0.841. The van der Waals surface area contributed by atoms with Crippen molar-refractivity contribution < 1.29 is 9.53 Å². The van der Waals surface area contributed by atoms with Crippen LogP contribution in [0.4, 0.5) is 0 Å². The standard InChI is InChI=1S/C16H20BrNO2/c1-10-13(6-8-20-10)15(17)12-5-4-11-3-2-7-18-16(19)14(11)9-12/h4-5,9-10,13,15H,2-3,6-8H2,1H3,(H,18,19). The fraction of sp³-hybridized carbons (Fsp3) is 0.562. The van der Waals surface area contributed by atoms with E-state index in [-0.39, 0.29) is 16.8 Å². The lowest BCUT2D eigenvalue weighted by Crippen LogP contribution is -2.23. The number of aryl methyl sites for hydroxylation is 1. The number of amides is 1. The van der Waals surface area contributed by atoms with Gasteiger partial charge in [-0.25, -0.2) is 0 Å². The van der Waals surface area contributed by atoms with Gasteiger partial charge in [0.2, 0.25) is 0 Å². The van der Waals surface area contributed by atoms with E-state index in [0.717, 1.165) is 38.0 Å². The third-order valence-corrected chi connectivity index (χ3v) is 5.62. The van der Waals surface area contributed by atoms with E-state index in [1.165, 1.54) is 11.1 Å². The van der Waals surface area contributed by atoms with Crippen LogP contribution in [0.3, 0.4) is 0 Å². The molecule has 1 N–H and O–H groups in total. The second-order valence-corrected chi connectivity index (χ2v) is 6.69. The first kappa shape index (κ1) is 14.1. The summed E-state index contributed by atoms with van der Waals surface area (Å²) in [5, 5.41) is 2.97. The Morgan fingerprint density at radius 3 is 3.05 bits per heavy atom. The maximum Gasteiger partial charge on any atom is 0.251 e. The predicted molar refractivity (Wildman–Crippen MR) is 82.3 cm³/mol. The Morgan fingerprint density at radius 1 is 1.45 bits per heavy atom. The molecule has 0 radical (unpaired) electrons. The Bertz CT molecular complexity index is 517. The number of ether oxygens (including phenoxy) is 1. The zero-order chi connectivity index (χ0) is 14.1. The van der Waals surface area contributed by atoms with E-state index in [1.807, 2.05) is 0 Å². The van der Waals surface area contributed by atoms with Gasteiger partial charge in [0, 0.05) is 29.5 Å². The monoisotopic (exact) mass is 337 g/mol. The highest BCUT2D eigenvalue weighted by Gasteiger charge is 2.31. The van der Waals surface area contributed by atoms with Gasteiger partial charge in [0.15, 0.2) is 0 Å². The van der Waals surface area contributed by atoms with Gasteiger partial charge < -0.3 is 10.1 Å². The smallest absolute Gasteiger partial charge is 0.251 e. The third-order valence-electron chi connectivity index (χ3n) is 4.42. The number of hydrogen-bond acceptors (Lipinski definition) is 2. The minimum absolute atomic E-state index is 0.0646. The maximum absolute atomic E-state index is 12.1. The molecule has 2 aliphatic rings. The van der Waals surface area contributed by atoms with Crippen molar-refractivity contribution in [3.63, 3.8) is 0 Å². The first-order valence-corrected chi connectivity index (χ1v) is 8.25. The summed E-state index contributed by atoms with van der Waals surface area (Å²) in [5.74, 6) is 0.539. The number of carbonyl (C=O) groups excluding carboxylic acids is 1. The largest absolute Gasteiger partial charge is 0.378 e. The average Bonchev–Trinajstić information content (AvgIpc) is 2.79. The zero-order valence-electron chi connectivity index (χ0n) is 11.7. The molecular weight excluding hydrogens is 318 g/mol. The number of carbonyl (C=O) groups is 1. The van der Waals surface area contributed by atoms with Crippen molar-refractivity contribution >= 4 is 21.8 Å². The summed E-state index contributed by atoms with van der Waals surface area (Å²) >= 11 is 3.81. The van der Waals surface area contributed by atoms with Crippen LogP contribution in [0.1, 0.15) is 46.1 Å². The highest BCUT2D eigenvalue weighted by Crippen LogP contribution is 2.40. The maximum atomic E-state index is 12.1. The van der Waals surface area contributed by atoms with Crippen molar-refractivity contribution in [1.29, 1.82) is 0 Å². The molecule has 3 atom stereocenters. The van der Waals surface area contributed by atoms with Crippen LogP contribution in [0.25, 0.3) is 0 Å². The van der Waals surface area contributed by atoms with Crippen LogP contribution in [0, 0.1) is 5.92 Å². The van der Waals surface area contributed by atoms with Crippen LogP contribution in [0.5, 0.6) is 0 Å². The minimum atomic E-state index is 0.0646. The van der Waals surface area contributed by atoms with Gasteiger partial charge in [-0.05, 0) is 43.4 Å². The van der Waals surface area contributed by atoms with Gasteiger partial charge in [-0.3, -0.25) is 4.79 Å². The lowest BCUT2D eigenvalue weighted by molar-refractivity contribution is 0.0956. The summed E-state index contributed by atoms with van der Waals surface area (Å²) in [7, 11) is 0. The SMILES string of the molecule is CC1OCCC1C(Br)c1ccc2c(c1)C(=O)NCCC2. The van der Waals surface area contributed by atoms with Crippen LogP contribution >= 0.6 is 15.9 Å². The lowest BCUT2D eigenvalue weighted by atomic mass is 9.91. The van der Waals surface area contributed by atoms with Gasteiger partial charge in [-0.15, -0.1) is 0 Å². The molecule has 0 aromatic heterocycles. The highest BCUT2D eigenvalue weighted by molar-refractivity contribution is 9.09. The van der Waals surface area contributed by atoms with Gasteiger partial charge >= 0.3 is 0 Å². The molecule has 0 spiro atoms. The lowest BCUT2D eigenvalue weighted by Gasteiger charge is -2.21. The molecule has 1 saturated heterocycles. The summed E-state index contributed by atoms with van der Waals surface area (Å²) in [6.45, 7) is 3.73. The Kier molecular flexibility index (Phi) is 4.13. The molecule has 3 rings (SSSR count). The summed E-state index contributed by atoms with van der Waals surface area (Å²) in [6.07, 6.45) is 3.33. The number of alkyl halides is 1. The van der Waals surface area contributed by atoms with E-state index in [2.05, 4.69) is 46.4 Å². The molecule has 0 aliphatic carbocycles. The molecule has 1 amide bonds. The Balaban J connectivity index is 1.89. The van der Waals surface area contributed by atoms with E-state index in [0.29, 0.717) is 5.92 Å². The molecule has 108 valence electrons. The Morgan fingerprint density at radius 2 is 2.30 bits per heavy atom. The van der Waals surface area contributed by atoms with Crippen LogP contribution in [-0.4, -0.2) is 25.2 Å². The van der Waals surface area contributed by atoms with Gasteiger partial charge in [0.1, 0.15) is 0 Å². The first-order valence-electron chi connectivity index (χ1n) is 7.33. The fourth-order valence-corrected chi connectivity index (χ4v) is 4.13. The van der Waals surface area contributed by atoms with E-state index < -0.39 is 0 Å². The second kappa shape index (κ2) is 5.86. The third kappa shape index (κ3) is 2.63. The Hall–Kier alpha value is -0.870. The number of halogens is 1. The summed E-state index contributed by atoms with van der Waals surface area (Å²) in [6, 6.07) is 6.33. The summed E-state index contributed by atoms with van der Waals surface area (Å²) in [5.41, 5.74) is 3.19. The topological polar surface area (TPSA) is 38.3 Å². The molecule has 2 aliphatic heterocycles. The second-order valence-electron chi connectivity index (χ2n) is 5.71. The van der Waals surface area contributed by atoms with E-state index in [1.54, 1.807) is 0 Å². The summed E-state index contributed by atoms with van der Waals surface area (Å²) in [4.78, 5) is 12.4. The number of benzene rings is 1. The number of fused-ring (bicyclic) bond motifs is 1. The van der Waals surface area contributed by atoms with Crippen molar-refractivity contribution in [2.45, 2.75) is 37.1 Å². The van der Waals surface area contributed by atoms with Crippen molar-refractivity contribution in [2.24, 2.45) is 5.92 Å². The molecule has 0 saturated carbocycles. The Labute approximate surface area is 128 Å². The van der Waals surface area contributed by atoms with E-state index in [4.69, 9.17) is 4.74 Å². The van der Waals surface area contributed by atoms with Crippen molar-refractivity contribution in [2.75, 3.05) is 13.2 Å². The fourth-order valence-electron chi connectivity index (χ4n) is 3.15. The summed E-state index contributed by atoms with van der Waals surface area (Å²) < 4.78 is 5.65.